The average Bonchev–Trinajstić information content (AvgIpc) is 2.11. The van der Waals surface area contributed by atoms with Gasteiger partial charge in [-0.1, -0.05) is 0 Å². The van der Waals surface area contributed by atoms with Crippen LogP contribution < -0.4 is 0 Å². The molecule has 90 valence electrons. The zero-order valence-electron chi connectivity index (χ0n) is 10.2. The molecule has 1 rings (SSSR count). The van der Waals surface area contributed by atoms with E-state index in [1.54, 1.807) is 19.9 Å². The summed E-state index contributed by atoms with van der Waals surface area (Å²) in [4.78, 5) is 22.1. The van der Waals surface area contributed by atoms with Gasteiger partial charge in [0.15, 0.2) is 5.78 Å². The maximum absolute atomic E-state index is 11.5. The Bertz CT molecular complexity index is 330. The molecule has 1 atom stereocenters. The molecule has 0 amide bonds. The van der Waals surface area contributed by atoms with E-state index in [2.05, 4.69) is 0 Å². The molecular formula is C12H18O4. The minimum absolute atomic E-state index is 0.0440. The third-order valence-electron chi connectivity index (χ3n) is 2.57. The first kappa shape index (κ1) is 12.9. The lowest BCUT2D eigenvalue weighted by Crippen LogP contribution is -2.46. The van der Waals surface area contributed by atoms with Crippen LogP contribution in [-0.4, -0.2) is 29.6 Å². The van der Waals surface area contributed by atoms with Gasteiger partial charge >= 0.3 is 5.97 Å². The summed E-state index contributed by atoms with van der Waals surface area (Å²) in [5, 5.41) is 0. The van der Waals surface area contributed by atoms with E-state index < -0.39 is 11.2 Å². The molecule has 0 aromatic heterocycles. The summed E-state index contributed by atoms with van der Waals surface area (Å²) in [6.45, 7) is 7.01. The van der Waals surface area contributed by atoms with Crippen molar-refractivity contribution in [2.45, 2.75) is 45.3 Å². The molecule has 0 N–H and O–H groups in total. The third-order valence-corrected chi connectivity index (χ3v) is 2.57. The van der Waals surface area contributed by atoms with E-state index in [4.69, 9.17) is 9.47 Å². The molecule has 1 aliphatic rings. The van der Waals surface area contributed by atoms with Crippen LogP contribution >= 0.6 is 0 Å². The van der Waals surface area contributed by atoms with Crippen LogP contribution in [0.5, 0.6) is 0 Å². The molecule has 0 saturated carbocycles. The number of esters is 1. The van der Waals surface area contributed by atoms with Crippen LogP contribution in [0.25, 0.3) is 0 Å². The molecule has 0 radical (unpaired) electrons. The zero-order chi connectivity index (χ0) is 12.4. The molecule has 0 saturated heterocycles. The van der Waals surface area contributed by atoms with Gasteiger partial charge in [0.1, 0.15) is 5.60 Å². The van der Waals surface area contributed by atoms with E-state index in [1.807, 2.05) is 6.92 Å². The lowest BCUT2D eigenvalue weighted by molar-refractivity contribution is -0.160. The minimum atomic E-state index is -0.806. The van der Waals surface area contributed by atoms with Crippen LogP contribution in [0, 0.1) is 0 Å². The van der Waals surface area contributed by atoms with Gasteiger partial charge in [0.2, 0.25) is 0 Å². The molecular weight excluding hydrogens is 208 g/mol. The van der Waals surface area contributed by atoms with Crippen molar-refractivity contribution in [3.05, 3.63) is 12.2 Å². The Labute approximate surface area is 95.6 Å². The molecule has 0 aliphatic carbocycles. The van der Waals surface area contributed by atoms with Crippen molar-refractivity contribution < 1.29 is 19.1 Å². The Morgan fingerprint density at radius 2 is 2.06 bits per heavy atom. The number of ketones is 1. The quantitative estimate of drug-likeness (QED) is 0.686. The second-order valence-electron chi connectivity index (χ2n) is 4.71. The fourth-order valence-electron chi connectivity index (χ4n) is 1.65. The van der Waals surface area contributed by atoms with Gasteiger partial charge < -0.3 is 9.47 Å². The number of carbonyl (C=O) groups excluding carboxylic acids is 2. The zero-order valence-corrected chi connectivity index (χ0v) is 10.2. The monoisotopic (exact) mass is 226 g/mol. The summed E-state index contributed by atoms with van der Waals surface area (Å²) in [7, 11) is 0. The van der Waals surface area contributed by atoms with Crippen molar-refractivity contribution in [1.82, 2.24) is 0 Å². The third kappa shape index (κ3) is 3.17. The molecule has 4 nitrogen and oxygen atoms in total. The van der Waals surface area contributed by atoms with Crippen molar-refractivity contribution in [3.8, 4) is 0 Å². The fourth-order valence-corrected chi connectivity index (χ4v) is 1.65. The van der Waals surface area contributed by atoms with E-state index in [-0.39, 0.29) is 11.8 Å². The lowest BCUT2D eigenvalue weighted by Gasteiger charge is -2.38. The summed E-state index contributed by atoms with van der Waals surface area (Å²) in [5.41, 5.74) is -1.35. The van der Waals surface area contributed by atoms with Crippen LogP contribution in [0.1, 0.15) is 34.1 Å². The Morgan fingerprint density at radius 1 is 1.44 bits per heavy atom. The molecule has 1 unspecified atom stereocenters. The first-order valence-corrected chi connectivity index (χ1v) is 5.32. The fraction of sp³-hybridized carbons (Fsp3) is 0.667. The smallest absolute Gasteiger partial charge is 0.302 e. The van der Waals surface area contributed by atoms with Crippen molar-refractivity contribution in [2.75, 3.05) is 6.61 Å². The van der Waals surface area contributed by atoms with Gasteiger partial charge in [-0.15, -0.1) is 0 Å². The molecule has 1 heterocycles. The van der Waals surface area contributed by atoms with Crippen LogP contribution in [0.4, 0.5) is 0 Å². The number of hydrogen-bond donors (Lipinski definition) is 0. The number of hydrogen-bond acceptors (Lipinski definition) is 4. The van der Waals surface area contributed by atoms with Crippen molar-refractivity contribution in [3.63, 3.8) is 0 Å². The van der Waals surface area contributed by atoms with Gasteiger partial charge in [-0.2, -0.15) is 0 Å². The van der Waals surface area contributed by atoms with Crippen molar-refractivity contribution in [1.29, 1.82) is 0 Å². The Morgan fingerprint density at radius 3 is 2.56 bits per heavy atom. The standard InChI is InChI=1S/C12H18O4/c1-9(13)15-8-7-12(4)6-5-10(14)11(2,3)16-12/h5-6H,7-8H2,1-4H3. The average molecular weight is 226 g/mol. The van der Waals surface area contributed by atoms with Gasteiger partial charge in [-0.05, 0) is 32.9 Å². The van der Waals surface area contributed by atoms with E-state index in [1.165, 1.54) is 13.0 Å². The van der Waals surface area contributed by atoms with Crippen LogP contribution in [-0.2, 0) is 19.1 Å². The van der Waals surface area contributed by atoms with Gasteiger partial charge in [-0.3, -0.25) is 9.59 Å². The Kier molecular flexibility index (Phi) is 3.53. The number of carbonyl (C=O) groups is 2. The lowest BCUT2D eigenvalue weighted by atomic mass is 9.91. The highest BCUT2D eigenvalue weighted by molar-refractivity contribution is 5.97. The minimum Gasteiger partial charge on any atom is -0.466 e. The largest absolute Gasteiger partial charge is 0.466 e. The molecule has 0 spiro atoms. The number of rotatable bonds is 3. The van der Waals surface area contributed by atoms with Crippen LogP contribution in [0.15, 0.2) is 12.2 Å². The SMILES string of the molecule is CC(=O)OCCC1(C)C=CC(=O)C(C)(C)O1. The van der Waals surface area contributed by atoms with E-state index in [9.17, 15) is 9.59 Å². The number of ether oxygens (including phenoxy) is 2. The molecule has 0 bridgehead atoms. The van der Waals surface area contributed by atoms with E-state index >= 15 is 0 Å². The molecule has 4 heteroatoms. The first-order chi connectivity index (χ1) is 7.25. The van der Waals surface area contributed by atoms with Crippen molar-refractivity contribution >= 4 is 11.8 Å². The first-order valence-electron chi connectivity index (χ1n) is 5.32. The van der Waals surface area contributed by atoms with E-state index in [0.29, 0.717) is 13.0 Å². The van der Waals surface area contributed by atoms with E-state index in [0.717, 1.165) is 0 Å². The summed E-state index contributed by atoms with van der Waals surface area (Å²) >= 11 is 0. The second kappa shape index (κ2) is 4.37. The molecule has 1 aliphatic heterocycles. The second-order valence-corrected chi connectivity index (χ2v) is 4.71. The summed E-state index contributed by atoms with van der Waals surface area (Å²) in [6.07, 6.45) is 3.81. The highest BCUT2D eigenvalue weighted by Crippen LogP contribution is 2.30. The predicted molar refractivity (Wildman–Crippen MR) is 59.0 cm³/mol. The van der Waals surface area contributed by atoms with Crippen LogP contribution in [0.3, 0.4) is 0 Å². The Balaban J connectivity index is 2.62. The summed E-state index contributed by atoms with van der Waals surface area (Å²) < 4.78 is 10.6. The highest BCUT2D eigenvalue weighted by Gasteiger charge is 2.39. The highest BCUT2D eigenvalue weighted by atomic mass is 16.5. The van der Waals surface area contributed by atoms with Gasteiger partial charge in [0.05, 0.1) is 12.2 Å². The maximum Gasteiger partial charge on any atom is 0.302 e. The summed E-state index contributed by atoms with van der Waals surface area (Å²) in [5.74, 6) is -0.351. The molecule has 0 aromatic rings. The topological polar surface area (TPSA) is 52.6 Å². The summed E-state index contributed by atoms with van der Waals surface area (Å²) in [6, 6.07) is 0. The predicted octanol–water partition coefficient (Wildman–Crippen LogP) is 1.63. The maximum atomic E-state index is 11.5. The normalized spacial score (nSPS) is 27.9. The van der Waals surface area contributed by atoms with Gasteiger partial charge in [-0.25, -0.2) is 0 Å². The Hall–Kier alpha value is -1.16. The van der Waals surface area contributed by atoms with Crippen LogP contribution in [0.2, 0.25) is 0 Å². The van der Waals surface area contributed by atoms with Crippen molar-refractivity contribution in [2.24, 2.45) is 0 Å². The van der Waals surface area contributed by atoms with Gasteiger partial charge in [0, 0.05) is 13.3 Å². The molecule has 0 aromatic carbocycles. The van der Waals surface area contributed by atoms with Gasteiger partial charge in [0.25, 0.3) is 0 Å². The molecule has 0 fully saturated rings. The molecule has 16 heavy (non-hydrogen) atoms.